The Bertz CT molecular complexity index is 1400. The van der Waals surface area contributed by atoms with Gasteiger partial charge in [0.15, 0.2) is 0 Å². The van der Waals surface area contributed by atoms with E-state index in [1.165, 1.54) is 36.4 Å². The molecule has 34 heavy (non-hydrogen) atoms. The summed E-state index contributed by atoms with van der Waals surface area (Å²) < 4.78 is 75.2. The lowest BCUT2D eigenvalue weighted by Crippen LogP contribution is -2.16. The largest absolute Gasteiger partial charge is 0.466 e. The van der Waals surface area contributed by atoms with Crippen molar-refractivity contribution in [3.8, 4) is 0 Å². The summed E-state index contributed by atoms with van der Waals surface area (Å²) in [4.78, 5) is 22.3. The molecule has 11 nitrogen and oxygen atoms in total. The Morgan fingerprint density at radius 3 is 1.91 bits per heavy atom. The fourth-order valence-corrected chi connectivity index (χ4v) is 4.27. The van der Waals surface area contributed by atoms with Gasteiger partial charge >= 0.3 is 11.9 Å². The standard InChI is InChI=1S/C20H18ClNO10S2/c1-31-19(23)11-16(20(24)32-2)22-15-8-6-13(18(10-15)34(28,29)30)4-3-12-5-7-14(21)9-17(12)33(25,26)27/h3-11,22H,1-2H3,(H,25,26,27)(H,28,29,30)/b4-3?,16-11+. The molecular weight excluding hydrogens is 514 g/mol. The summed E-state index contributed by atoms with van der Waals surface area (Å²) in [6.07, 6.45) is 3.15. The molecule has 2 rings (SSSR count). The first-order valence-electron chi connectivity index (χ1n) is 8.98. The lowest BCUT2D eigenvalue weighted by atomic mass is 10.1. The third kappa shape index (κ3) is 7.13. The van der Waals surface area contributed by atoms with Crippen molar-refractivity contribution < 1.29 is 45.0 Å². The number of methoxy groups -OCH3 is 2. The van der Waals surface area contributed by atoms with Crippen LogP contribution in [0.1, 0.15) is 11.1 Å². The molecule has 3 N–H and O–H groups in total. The van der Waals surface area contributed by atoms with Gasteiger partial charge in [-0.25, -0.2) is 9.59 Å². The quantitative estimate of drug-likeness (QED) is 0.198. The lowest BCUT2D eigenvalue weighted by molar-refractivity contribution is -0.138. The highest BCUT2D eigenvalue weighted by Crippen LogP contribution is 2.26. The van der Waals surface area contributed by atoms with Crippen LogP contribution >= 0.6 is 11.6 Å². The molecule has 0 aromatic heterocycles. The van der Waals surface area contributed by atoms with E-state index in [-0.39, 0.29) is 27.5 Å². The molecule has 2 aromatic rings. The molecule has 0 heterocycles. The van der Waals surface area contributed by atoms with Crippen LogP contribution in [0.5, 0.6) is 0 Å². The van der Waals surface area contributed by atoms with Crippen LogP contribution < -0.4 is 5.32 Å². The van der Waals surface area contributed by atoms with Crippen LogP contribution in [0.15, 0.2) is 58.0 Å². The van der Waals surface area contributed by atoms with E-state index in [2.05, 4.69) is 14.8 Å². The van der Waals surface area contributed by atoms with Gasteiger partial charge in [0.05, 0.1) is 20.3 Å². The number of hydrogen-bond donors (Lipinski definition) is 3. The Hall–Kier alpha value is -3.23. The van der Waals surface area contributed by atoms with Crippen molar-refractivity contribution in [3.05, 3.63) is 64.3 Å². The number of carbonyl (C=O) groups is 2. The maximum absolute atomic E-state index is 11.9. The molecule has 0 unspecified atom stereocenters. The van der Waals surface area contributed by atoms with Crippen LogP contribution in [0.2, 0.25) is 5.02 Å². The van der Waals surface area contributed by atoms with Crippen molar-refractivity contribution in [1.29, 1.82) is 0 Å². The van der Waals surface area contributed by atoms with Crippen LogP contribution in [-0.2, 0) is 39.3 Å². The van der Waals surface area contributed by atoms with Crippen LogP contribution in [0.25, 0.3) is 12.2 Å². The molecule has 0 fully saturated rings. The first-order chi connectivity index (χ1) is 15.8. The minimum absolute atomic E-state index is 0.00984. The first-order valence-corrected chi connectivity index (χ1v) is 12.2. The molecule has 0 aliphatic heterocycles. The number of hydrogen-bond acceptors (Lipinski definition) is 9. The maximum atomic E-state index is 11.9. The molecular formula is C20H18ClNO10S2. The van der Waals surface area contributed by atoms with Gasteiger partial charge in [-0.15, -0.1) is 0 Å². The van der Waals surface area contributed by atoms with Gasteiger partial charge in [-0.1, -0.05) is 35.9 Å². The summed E-state index contributed by atoms with van der Waals surface area (Å²) in [5, 5.41) is 2.54. The predicted octanol–water partition coefficient (Wildman–Crippen LogP) is 2.65. The molecule has 2 aromatic carbocycles. The van der Waals surface area contributed by atoms with Crippen molar-refractivity contribution in [3.63, 3.8) is 0 Å². The zero-order chi connectivity index (χ0) is 25.7. The van der Waals surface area contributed by atoms with E-state index in [0.29, 0.717) is 0 Å². The topological polar surface area (TPSA) is 173 Å². The number of ether oxygens (including phenoxy) is 2. The van der Waals surface area contributed by atoms with E-state index in [9.17, 15) is 35.5 Å². The normalized spacial score (nSPS) is 12.4. The smallest absolute Gasteiger partial charge is 0.354 e. The van der Waals surface area contributed by atoms with Crippen LogP contribution in [0, 0.1) is 0 Å². The molecule has 0 aliphatic rings. The Labute approximate surface area is 200 Å². The fourth-order valence-electron chi connectivity index (χ4n) is 2.61. The summed E-state index contributed by atoms with van der Waals surface area (Å²) >= 11 is 5.77. The van der Waals surface area contributed by atoms with Gasteiger partial charge in [-0.05, 0) is 35.4 Å². The van der Waals surface area contributed by atoms with Crippen LogP contribution in [0.3, 0.4) is 0 Å². The lowest BCUT2D eigenvalue weighted by Gasteiger charge is -2.11. The SMILES string of the molecule is COC(=O)/C=C(/Nc1ccc(C=Cc2ccc(Cl)cc2S(=O)(=O)O)c(S(=O)(=O)O)c1)C(=O)OC. The second-order valence-corrected chi connectivity index (χ2v) is 9.63. The molecule has 0 atom stereocenters. The first kappa shape index (κ1) is 27.0. The Balaban J connectivity index is 2.55. The van der Waals surface area contributed by atoms with Gasteiger partial charge in [0.2, 0.25) is 0 Å². The zero-order valence-electron chi connectivity index (χ0n) is 17.6. The zero-order valence-corrected chi connectivity index (χ0v) is 19.9. The number of anilines is 1. The number of nitrogens with one attached hydrogen (secondary N) is 1. The molecule has 182 valence electrons. The maximum Gasteiger partial charge on any atom is 0.354 e. The monoisotopic (exact) mass is 531 g/mol. The number of rotatable bonds is 8. The molecule has 0 spiro atoms. The van der Waals surface area contributed by atoms with Gasteiger partial charge in [-0.3, -0.25) is 9.11 Å². The molecule has 0 amide bonds. The van der Waals surface area contributed by atoms with E-state index < -0.39 is 42.0 Å². The van der Waals surface area contributed by atoms with E-state index in [1.807, 2.05) is 0 Å². The summed E-state index contributed by atoms with van der Waals surface area (Å²) in [6.45, 7) is 0. The molecule has 14 heteroatoms. The van der Waals surface area contributed by atoms with Gasteiger partial charge < -0.3 is 14.8 Å². The van der Waals surface area contributed by atoms with E-state index in [4.69, 9.17) is 11.6 Å². The average Bonchev–Trinajstić information content (AvgIpc) is 2.76. The van der Waals surface area contributed by atoms with E-state index in [1.54, 1.807) is 0 Å². The van der Waals surface area contributed by atoms with Gasteiger partial charge in [0, 0.05) is 10.7 Å². The summed E-state index contributed by atoms with van der Waals surface area (Å²) in [5.74, 6) is -1.84. The molecule has 0 radical (unpaired) electrons. The third-order valence-electron chi connectivity index (χ3n) is 4.14. The van der Waals surface area contributed by atoms with Crippen LogP contribution in [0.4, 0.5) is 5.69 Å². The summed E-state index contributed by atoms with van der Waals surface area (Å²) in [6, 6.07) is 7.16. The second kappa shape index (κ2) is 10.8. The molecule has 0 bridgehead atoms. The summed E-state index contributed by atoms with van der Waals surface area (Å²) in [5.41, 5.74) is -0.474. The predicted molar refractivity (Wildman–Crippen MR) is 122 cm³/mol. The van der Waals surface area contributed by atoms with Gasteiger partial charge in [-0.2, -0.15) is 16.8 Å². The van der Waals surface area contributed by atoms with Crippen LogP contribution in [-0.4, -0.2) is 52.1 Å². The number of halogens is 1. The highest BCUT2D eigenvalue weighted by Gasteiger charge is 2.19. The highest BCUT2D eigenvalue weighted by molar-refractivity contribution is 7.86. The molecule has 0 saturated heterocycles. The van der Waals surface area contributed by atoms with Crippen molar-refractivity contribution >= 4 is 61.6 Å². The van der Waals surface area contributed by atoms with Crippen molar-refractivity contribution in [2.75, 3.05) is 19.5 Å². The summed E-state index contributed by atoms with van der Waals surface area (Å²) in [7, 11) is -7.30. The highest BCUT2D eigenvalue weighted by atomic mass is 35.5. The fraction of sp³-hybridized carbons (Fsp3) is 0.100. The number of carbonyl (C=O) groups excluding carboxylic acids is 2. The van der Waals surface area contributed by atoms with E-state index >= 15 is 0 Å². The molecule has 0 aliphatic carbocycles. The Kier molecular flexibility index (Phi) is 8.58. The third-order valence-corrected chi connectivity index (χ3v) is 6.19. The van der Waals surface area contributed by atoms with Gasteiger partial charge in [0.1, 0.15) is 15.5 Å². The van der Waals surface area contributed by atoms with Crippen molar-refractivity contribution in [2.45, 2.75) is 9.79 Å². The number of esters is 2. The average molecular weight is 532 g/mol. The van der Waals surface area contributed by atoms with E-state index in [0.717, 1.165) is 32.4 Å². The minimum atomic E-state index is -4.80. The minimum Gasteiger partial charge on any atom is -0.466 e. The molecule has 0 saturated carbocycles. The van der Waals surface area contributed by atoms with Crippen molar-refractivity contribution in [1.82, 2.24) is 0 Å². The second-order valence-electron chi connectivity index (χ2n) is 6.42. The van der Waals surface area contributed by atoms with Gasteiger partial charge in [0.25, 0.3) is 20.2 Å². The van der Waals surface area contributed by atoms with Crippen molar-refractivity contribution in [2.24, 2.45) is 0 Å². The Morgan fingerprint density at radius 1 is 0.882 bits per heavy atom. The Morgan fingerprint density at radius 2 is 1.41 bits per heavy atom. The number of benzene rings is 2.